The highest BCUT2D eigenvalue weighted by Gasteiger charge is 2.50. The summed E-state index contributed by atoms with van der Waals surface area (Å²) in [5, 5.41) is 18.5. The number of aliphatic hydroxyl groups is 1. The summed E-state index contributed by atoms with van der Waals surface area (Å²) in [5.41, 5.74) is -3.10. The number of halogens is 4. The Hall–Kier alpha value is -3.23. The van der Waals surface area contributed by atoms with E-state index in [1.807, 2.05) is 0 Å². The van der Waals surface area contributed by atoms with Crippen LogP contribution in [0.15, 0.2) is 36.4 Å². The first-order chi connectivity index (χ1) is 15.8. The number of rotatable bonds is 6. The zero-order chi connectivity index (χ0) is 25.4. The van der Waals surface area contributed by atoms with Gasteiger partial charge in [-0.1, -0.05) is 6.92 Å². The van der Waals surface area contributed by atoms with Gasteiger partial charge in [-0.3, -0.25) is 9.69 Å². The third-order valence-electron chi connectivity index (χ3n) is 5.43. The quantitative estimate of drug-likeness (QED) is 0.459. The van der Waals surface area contributed by atoms with Crippen LogP contribution >= 0.6 is 12.2 Å². The van der Waals surface area contributed by atoms with Crippen LogP contribution in [-0.4, -0.2) is 34.4 Å². The van der Waals surface area contributed by atoms with Crippen LogP contribution in [0.2, 0.25) is 0 Å². The fourth-order valence-electron chi connectivity index (χ4n) is 3.51. The van der Waals surface area contributed by atoms with Gasteiger partial charge in [-0.2, -0.15) is 18.4 Å². The highest BCUT2D eigenvalue weighted by molar-refractivity contribution is 7.81. The number of nitriles is 1. The van der Waals surface area contributed by atoms with E-state index in [-0.39, 0.29) is 28.8 Å². The summed E-state index contributed by atoms with van der Waals surface area (Å²) in [7, 11) is 0. The molecule has 3 rings (SSSR count). The van der Waals surface area contributed by atoms with Crippen LogP contribution in [0.25, 0.3) is 0 Å². The van der Waals surface area contributed by atoms with E-state index in [4.69, 9.17) is 22.2 Å². The molecular formula is C23H21F4N3O3S. The second kappa shape index (κ2) is 9.19. The van der Waals surface area contributed by atoms with Crippen molar-refractivity contribution in [1.29, 1.82) is 5.26 Å². The summed E-state index contributed by atoms with van der Waals surface area (Å²) in [4.78, 5) is 15.5. The molecule has 1 atom stereocenters. The molecule has 1 aliphatic rings. The molecule has 1 fully saturated rings. The van der Waals surface area contributed by atoms with Crippen molar-refractivity contribution in [2.24, 2.45) is 0 Å². The van der Waals surface area contributed by atoms with Gasteiger partial charge in [0.1, 0.15) is 12.1 Å². The van der Waals surface area contributed by atoms with Gasteiger partial charge >= 0.3 is 6.18 Å². The monoisotopic (exact) mass is 495 g/mol. The first kappa shape index (κ1) is 25.4. The zero-order valence-electron chi connectivity index (χ0n) is 18.5. The predicted molar refractivity (Wildman–Crippen MR) is 121 cm³/mol. The molecule has 34 heavy (non-hydrogen) atoms. The summed E-state index contributed by atoms with van der Waals surface area (Å²) >= 11 is 5.43. The highest BCUT2D eigenvalue weighted by atomic mass is 32.1. The minimum Gasteiger partial charge on any atom is -0.488 e. The number of benzene rings is 2. The molecule has 1 amide bonds. The summed E-state index contributed by atoms with van der Waals surface area (Å²) in [6, 6.07) is 8.24. The van der Waals surface area contributed by atoms with E-state index >= 15 is 0 Å². The molecule has 0 saturated carbocycles. The molecule has 1 aliphatic heterocycles. The summed E-state index contributed by atoms with van der Waals surface area (Å²) in [5.74, 6) is -1.49. The average molecular weight is 495 g/mol. The first-order valence-electron chi connectivity index (χ1n) is 10.2. The summed E-state index contributed by atoms with van der Waals surface area (Å²) in [6.07, 6.45) is -5.14. The molecule has 2 aromatic carbocycles. The molecule has 1 saturated heterocycles. The van der Waals surface area contributed by atoms with Crippen LogP contribution in [0, 0.1) is 17.1 Å². The molecular weight excluding hydrogens is 474 g/mol. The Labute approximate surface area is 198 Å². The van der Waals surface area contributed by atoms with E-state index in [9.17, 15) is 27.5 Å². The fourth-order valence-corrected chi connectivity index (χ4v) is 4.03. The minimum absolute atomic E-state index is 0.104. The lowest BCUT2D eigenvalue weighted by atomic mass is 10.0. The maximum Gasteiger partial charge on any atom is 0.417 e. The topological polar surface area (TPSA) is 76.8 Å². The van der Waals surface area contributed by atoms with Crippen LogP contribution in [0.5, 0.6) is 5.75 Å². The molecule has 180 valence electrons. The van der Waals surface area contributed by atoms with E-state index in [1.54, 1.807) is 6.92 Å². The van der Waals surface area contributed by atoms with E-state index in [0.29, 0.717) is 12.5 Å². The maximum absolute atomic E-state index is 14.7. The van der Waals surface area contributed by atoms with Crippen molar-refractivity contribution in [2.45, 2.75) is 45.0 Å². The van der Waals surface area contributed by atoms with Crippen LogP contribution in [0.4, 0.5) is 28.9 Å². The Bertz CT molecular complexity index is 1180. The highest BCUT2D eigenvalue weighted by Crippen LogP contribution is 2.40. The van der Waals surface area contributed by atoms with Crippen molar-refractivity contribution in [1.82, 2.24) is 0 Å². The second-order valence-corrected chi connectivity index (χ2v) is 8.51. The molecule has 6 nitrogen and oxygen atoms in total. The molecule has 0 spiro atoms. The van der Waals surface area contributed by atoms with Gasteiger partial charge < -0.3 is 14.7 Å². The van der Waals surface area contributed by atoms with Crippen molar-refractivity contribution in [2.75, 3.05) is 16.4 Å². The Morgan fingerprint density at radius 3 is 2.41 bits per heavy atom. The largest absolute Gasteiger partial charge is 0.488 e. The van der Waals surface area contributed by atoms with Gasteiger partial charge in [-0.25, -0.2) is 4.39 Å². The van der Waals surface area contributed by atoms with Gasteiger partial charge in [0, 0.05) is 11.8 Å². The maximum atomic E-state index is 14.7. The van der Waals surface area contributed by atoms with Crippen molar-refractivity contribution in [3.63, 3.8) is 0 Å². The number of anilines is 2. The Kier molecular flexibility index (Phi) is 6.87. The molecule has 11 heteroatoms. The third kappa shape index (κ3) is 4.56. The van der Waals surface area contributed by atoms with Gasteiger partial charge in [0.05, 0.1) is 29.0 Å². The Morgan fingerprint density at radius 1 is 1.21 bits per heavy atom. The Balaban J connectivity index is 1.99. The number of aliphatic hydroxyl groups excluding tert-OH is 1. The van der Waals surface area contributed by atoms with Gasteiger partial charge in [0.25, 0.3) is 5.91 Å². The second-order valence-electron chi connectivity index (χ2n) is 8.14. The number of alkyl halides is 3. The van der Waals surface area contributed by atoms with E-state index in [1.165, 1.54) is 43.0 Å². The lowest BCUT2D eigenvalue weighted by Crippen LogP contribution is -2.44. The van der Waals surface area contributed by atoms with Crippen LogP contribution < -0.4 is 14.5 Å². The van der Waals surface area contributed by atoms with Crippen molar-refractivity contribution in [3.8, 4) is 11.8 Å². The average Bonchev–Trinajstić information content (AvgIpc) is 2.95. The van der Waals surface area contributed by atoms with E-state index in [2.05, 4.69) is 0 Å². The zero-order valence-corrected chi connectivity index (χ0v) is 19.3. The van der Waals surface area contributed by atoms with Crippen LogP contribution in [-0.2, 0) is 11.0 Å². The first-order valence-corrected chi connectivity index (χ1v) is 10.6. The van der Waals surface area contributed by atoms with Crippen molar-refractivity contribution < 1.29 is 32.2 Å². The van der Waals surface area contributed by atoms with Gasteiger partial charge in [-0.15, -0.1) is 0 Å². The number of carbonyl (C=O) groups excluding carboxylic acids is 1. The molecule has 0 radical (unpaired) electrons. The third-order valence-corrected chi connectivity index (χ3v) is 5.80. The van der Waals surface area contributed by atoms with Gasteiger partial charge in [0.2, 0.25) is 0 Å². The normalized spacial score (nSPS) is 16.6. The molecule has 0 aromatic heterocycles. The van der Waals surface area contributed by atoms with Gasteiger partial charge in [0.15, 0.2) is 16.7 Å². The van der Waals surface area contributed by atoms with E-state index in [0.717, 1.165) is 17.0 Å². The van der Waals surface area contributed by atoms with Crippen LogP contribution in [0.1, 0.15) is 38.3 Å². The minimum atomic E-state index is -4.81. The summed E-state index contributed by atoms with van der Waals surface area (Å²) < 4.78 is 60.3. The lowest BCUT2D eigenvalue weighted by molar-refractivity contribution is -0.137. The van der Waals surface area contributed by atoms with Crippen molar-refractivity contribution in [3.05, 3.63) is 53.3 Å². The number of amides is 1. The molecule has 1 N–H and O–H groups in total. The number of nitrogens with zero attached hydrogens (tertiary/aromatic N) is 3. The molecule has 0 aliphatic carbocycles. The number of hydrogen-bond acceptors (Lipinski definition) is 5. The van der Waals surface area contributed by atoms with Crippen LogP contribution in [0.3, 0.4) is 0 Å². The number of thiocarbonyl (C=S) groups is 1. The predicted octanol–water partition coefficient (Wildman–Crippen LogP) is 4.78. The molecule has 2 aromatic rings. The summed E-state index contributed by atoms with van der Waals surface area (Å²) in [6.45, 7) is 4.66. The SMILES string of the molecule is CCC(O)COc1ccc(N2C(=S)N(c3ccc(C#N)c(C(F)(F)F)c3)C(=O)C2(C)C)cc1F. The standard InChI is InChI=1S/C23H21F4N3O3S/c1-4-16(31)12-33-19-8-7-15(10-18(19)24)30-21(34)29(20(32)22(30,2)3)14-6-5-13(11-28)17(9-14)23(25,26)27/h5-10,16,31H,4,12H2,1-3H3. The van der Waals surface area contributed by atoms with E-state index < -0.39 is 40.7 Å². The fraction of sp³-hybridized carbons (Fsp3) is 0.348. The number of carbonyl (C=O) groups is 1. The molecule has 1 unspecified atom stereocenters. The lowest BCUT2D eigenvalue weighted by Gasteiger charge is -2.29. The smallest absolute Gasteiger partial charge is 0.417 e. The van der Waals surface area contributed by atoms with Gasteiger partial charge in [-0.05, 0) is 62.8 Å². The number of hydrogen-bond donors (Lipinski definition) is 1. The molecule has 1 heterocycles. The number of ether oxygens (including phenoxy) is 1. The van der Waals surface area contributed by atoms with Crippen molar-refractivity contribution >= 4 is 34.6 Å². The Morgan fingerprint density at radius 2 is 1.85 bits per heavy atom. The molecule has 0 bridgehead atoms.